The second-order valence-electron chi connectivity index (χ2n) is 2.71. The number of ether oxygens (including phenoxy) is 1. The topological polar surface area (TPSA) is 66.2 Å². The molecule has 1 aliphatic heterocycles. The Balaban J connectivity index is 2.62. The van der Waals surface area contributed by atoms with Crippen molar-refractivity contribution >= 4 is 12.1 Å². The summed E-state index contributed by atoms with van der Waals surface area (Å²) >= 11 is 0. The van der Waals surface area contributed by atoms with Gasteiger partial charge in [0.15, 0.2) is 5.90 Å². The molecular formula is C9H15N3O2. The van der Waals surface area contributed by atoms with E-state index in [1.165, 1.54) is 0 Å². The second kappa shape index (κ2) is 6.15. The predicted molar refractivity (Wildman–Crippen MR) is 55.5 cm³/mol. The van der Waals surface area contributed by atoms with Crippen molar-refractivity contribution in [2.75, 3.05) is 6.61 Å². The van der Waals surface area contributed by atoms with Gasteiger partial charge in [0, 0.05) is 31.6 Å². The van der Waals surface area contributed by atoms with Gasteiger partial charge in [0.2, 0.25) is 6.35 Å². The molecule has 0 spiro atoms. The van der Waals surface area contributed by atoms with Crippen LogP contribution in [-0.4, -0.2) is 30.2 Å². The van der Waals surface area contributed by atoms with Gasteiger partial charge in [-0.25, -0.2) is 4.99 Å². The van der Waals surface area contributed by atoms with E-state index in [-0.39, 0.29) is 5.90 Å². The van der Waals surface area contributed by atoms with Crippen LogP contribution < -0.4 is 5.32 Å². The lowest BCUT2D eigenvalue weighted by molar-refractivity contribution is 0.0535. The highest BCUT2D eigenvalue weighted by molar-refractivity contribution is 5.77. The first kappa shape index (κ1) is 10.7. The van der Waals surface area contributed by atoms with Gasteiger partial charge < -0.3 is 15.2 Å². The van der Waals surface area contributed by atoms with E-state index in [0.29, 0.717) is 19.4 Å². The smallest absolute Gasteiger partial charge is 0.228 e. The fourth-order valence-electron chi connectivity index (χ4n) is 0.978. The second-order valence-corrected chi connectivity index (χ2v) is 2.71. The highest BCUT2D eigenvalue weighted by atomic mass is 16.5. The van der Waals surface area contributed by atoms with Crippen molar-refractivity contribution in [1.82, 2.24) is 5.32 Å². The lowest BCUT2D eigenvalue weighted by Crippen LogP contribution is -2.27. The van der Waals surface area contributed by atoms with E-state index in [9.17, 15) is 5.11 Å². The molecule has 0 aromatic carbocycles. The third kappa shape index (κ3) is 4.04. The van der Waals surface area contributed by atoms with Crippen LogP contribution in [0.3, 0.4) is 0 Å². The van der Waals surface area contributed by atoms with Crippen LogP contribution in [0, 0.1) is 0 Å². The number of aliphatic hydroxyl groups is 1. The maximum absolute atomic E-state index is 9.37. The fourth-order valence-corrected chi connectivity index (χ4v) is 0.978. The Bertz CT molecular complexity index is 248. The van der Waals surface area contributed by atoms with E-state index in [1.54, 1.807) is 18.6 Å². The average molecular weight is 197 g/mol. The quantitative estimate of drug-likeness (QED) is 0.698. The molecular weight excluding hydrogens is 182 g/mol. The van der Waals surface area contributed by atoms with Crippen molar-refractivity contribution in [3.05, 3.63) is 12.4 Å². The Labute approximate surface area is 83.2 Å². The average Bonchev–Trinajstić information content (AvgIpc) is 2.17. The van der Waals surface area contributed by atoms with Gasteiger partial charge in [0.05, 0.1) is 0 Å². The minimum Gasteiger partial charge on any atom is -0.496 e. The molecule has 1 rings (SSSR count). The molecule has 0 aromatic rings. The lowest BCUT2D eigenvalue weighted by Gasteiger charge is -2.13. The molecule has 0 radical (unpaired) electrons. The summed E-state index contributed by atoms with van der Waals surface area (Å²) in [6.45, 7) is 2.40. The minimum atomic E-state index is -0.524. The molecule has 0 amide bonds. The van der Waals surface area contributed by atoms with Gasteiger partial charge in [-0.05, 0) is 13.3 Å². The molecule has 5 heteroatoms. The highest BCUT2D eigenvalue weighted by Gasteiger charge is 2.05. The van der Waals surface area contributed by atoms with Gasteiger partial charge in [0.1, 0.15) is 0 Å². The van der Waals surface area contributed by atoms with Crippen LogP contribution in [0.2, 0.25) is 0 Å². The lowest BCUT2D eigenvalue weighted by atomic mass is 10.3. The molecule has 1 aliphatic rings. The third-order valence-electron chi connectivity index (χ3n) is 1.59. The summed E-state index contributed by atoms with van der Waals surface area (Å²) < 4.78 is 5.22. The zero-order valence-electron chi connectivity index (χ0n) is 8.18. The summed E-state index contributed by atoms with van der Waals surface area (Å²) in [6.07, 6.45) is 5.64. The maximum Gasteiger partial charge on any atom is 0.228 e. The summed E-state index contributed by atoms with van der Waals surface area (Å²) in [6, 6.07) is 0. The number of rotatable bonds is 2. The molecule has 1 unspecified atom stereocenters. The zero-order chi connectivity index (χ0) is 10.2. The maximum atomic E-state index is 9.37. The van der Waals surface area contributed by atoms with Gasteiger partial charge in [-0.1, -0.05) is 0 Å². The van der Waals surface area contributed by atoms with Gasteiger partial charge in [-0.2, -0.15) is 0 Å². The molecule has 1 atom stereocenters. The summed E-state index contributed by atoms with van der Waals surface area (Å²) in [5, 5.41) is 12.2. The molecule has 14 heavy (non-hydrogen) atoms. The van der Waals surface area contributed by atoms with Crippen molar-refractivity contribution in [2.24, 2.45) is 9.98 Å². The van der Waals surface area contributed by atoms with Gasteiger partial charge in [-0.15, -0.1) is 0 Å². The minimum absolute atomic E-state index is 0.0812. The first-order valence-corrected chi connectivity index (χ1v) is 4.63. The Morgan fingerprint density at radius 2 is 2.57 bits per heavy atom. The molecule has 5 nitrogen and oxygen atoms in total. The summed E-state index contributed by atoms with van der Waals surface area (Å²) in [5.41, 5.74) is 0. The van der Waals surface area contributed by atoms with E-state index >= 15 is 0 Å². The molecule has 0 saturated heterocycles. The van der Waals surface area contributed by atoms with Gasteiger partial charge >= 0.3 is 0 Å². The molecule has 1 heterocycles. The van der Waals surface area contributed by atoms with Crippen molar-refractivity contribution in [3.63, 3.8) is 0 Å². The van der Waals surface area contributed by atoms with Crippen LogP contribution >= 0.6 is 0 Å². The number of aliphatic imine (C=N–C) groups is 2. The summed E-state index contributed by atoms with van der Waals surface area (Å²) in [7, 11) is 0. The number of hydrogen-bond acceptors (Lipinski definition) is 4. The number of aliphatic hydroxyl groups excluding tert-OH is 1. The van der Waals surface area contributed by atoms with E-state index < -0.39 is 6.35 Å². The standard InChI is InChI=1S/C9H15N3O2/c1-2-14-9-11-7-6-10-5-3-4-8(13)12-9/h5-7,9,11H,2-4H2,1H3,(H,12,13)/b7-6+,10-5-. The van der Waals surface area contributed by atoms with E-state index in [2.05, 4.69) is 15.3 Å². The monoisotopic (exact) mass is 197 g/mol. The predicted octanol–water partition coefficient (Wildman–Crippen LogP) is 1.19. The Morgan fingerprint density at radius 1 is 1.71 bits per heavy atom. The van der Waals surface area contributed by atoms with Crippen LogP contribution in [0.15, 0.2) is 22.4 Å². The summed E-state index contributed by atoms with van der Waals surface area (Å²) in [4.78, 5) is 7.93. The Hall–Kier alpha value is -1.36. The molecule has 0 fully saturated rings. The molecule has 0 saturated carbocycles. The van der Waals surface area contributed by atoms with Crippen LogP contribution in [0.1, 0.15) is 19.8 Å². The number of nitrogens with zero attached hydrogens (tertiary/aromatic N) is 2. The zero-order valence-corrected chi connectivity index (χ0v) is 8.18. The molecule has 2 N–H and O–H groups in total. The van der Waals surface area contributed by atoms with E-state index in [1.807, 2.05) is 6.92 Å². The third-order valence-corrected chi connectivity index (χ3v) is 1.59. The molecule has 0 aliphatic carbocycles. The van der Waals surface area contributed by atoms with Crippen LogP contribution in [-0.2, 0) is 4.74 Å². The largest absolute Gasteiger partial charge is 0.496 e. The van der Waals surface area contributed by atoms with Crippen molar-refractivity contribution in [2.45, 2.75) is 26.1 Å². The van der Waals surface area contributed by atoms with E-state index in [0.717, 1.165) is 0 Å². The normalized spacial score (nSPS) is 30.9. The van der Waals surface area contributed by atoms with Gasteiger partial charge in [-0.3, -0.25) is 4.99 Å². The highest BCUT2D eigenvalue weighted by Crippen LogP contribution is 1.97. The number of nitrogens with one attached hydrogen (secondary N) is 1. The van der Waals surface area contributed by atoms with Crippen LogP contribution in [0.4, 0.5) is 0 Å². The summed E-state index contributed by atoms with van der Waals surface area (Å²) in [5.74, 6) is 0.0812. The van der Waals surface area contributed by atoms with Crippen molar-refractivity contribution < 1.29 is 9.84 Å². The van der Waals surface area contributed by atoms with Crippen molar-refractivity contribution in [1.29, 1.82) is 0 Å². The first-order chi connectivity index (χ1) is 6.83. The van der Waals surface area contributed by atoms with Crippen molar-refractivity contribution in [3.8, 4) is 0 Å². The Kier molecular flexibility index (Phi) is 4.71. The first-order valence-electron chi connectivity index (χ1n) is 4.63. The van der Waals surface area contributed by atoms with E-state index in [4.69, 9.17) is 4.74 Å². The van der Waals surface area contributed by atoms with Crippen LogP contribution in [0.25, 0.3) is 0 Å². The Morgan fingerprint density at radius 3 is 3.36 bits per heavy atom. The number of hydrogen-bond donors (Lipinski definition) is 2. The van der Waals surface area contributed by atoms with Crippen LogP contribution in [0.5, 0.6) is 0 Å². The molecule has 0 bridgehead atoms. The van der Waals surface area contributed by atoms with Gasteiger partial charge in [0.25, 0.3) is 0 Å². The molecule has 0 aromatic heterocycles. The molecule has 78 valence electrons. The fraction of sp³-hybridized carbons (Fsp3) is 0.556. The SMILES string of the molecule is CCOC1/N=C(/O)CC/C=N\C=C\N1.